The van der Waals surface area contributed by atoms with Gasteiger partial charge in [-0.05, 0) is 66.5 Å². The van der Waals surface area contributed by atoms with Crippen LogP contribution in [-0.4, -0.2) is 46.6 Å². The molecule has 1 saturated heterocycles. The van der Waals surface area contributed by atoms with Crippen LogP contribution in [0.2, 0.25) is 0 Å². The lowest BCUT2D eigenvalue weighted by molar-refractivity contribution is -0.135. The number of likely N-dealkylation sites (tertiary alicyclic amines) is 1. The first-order valence-electron chi connectivity index (χ1n) is 12.8. The van der Waals surface area contributed by atoms with Crippen LogP contribution in [0.25, 0.3) is 11.3 Å². The molecular weight excluding hydrogens is 508 g/mol. The molecule has 1 saturated carbocycles. The first-order valence-corrected chi connectivity index (χ1v) is 13.6. The Labute approximate surface area is 215 Å². The predicted molar refractivity (Wildman–Crippen MR) is 138 cm³/mol. The largest absolute Gasteiger partial charge is 0.453 e. The monoisotopic (exact) mass is 542 g/mol. The van der Waals surface area contributed by atoms with E-state index in [0.29, 0.717) is 18.4 Å². The summed E-state index contributed by atoms with van der Waals surface area (Å²) in [6, 6.07) is 3.62. The van der Waals surface area contributed by atoms with Gasteiger partial charge in [-0.2, -0.15) is 0 Å². The van der Waals surface area contributed by atoms with Crippen LogP contribution in [0, 0.1) is 11.8 Å². The Bertz CT molecular complexity index is 1130. The fourth-order valence-corrected chi connectivity index (χ4v) is 7.35. The summed E-state index contributed by atoms with van der Waals surface area (Å²) in [5, 5.41) is 2.72. The average molecular weight is 544 g/mol. The number of carbonyl (C=O) groups excluding carboxylic acids is 2. The van der Waals surface area contributed by atoms with Crippen molar-refractivity contribution in [1.29, 1.82) is 0 Å². The van der Waals surface area contributed by atoms with E-state index in [0.717, 1.165) is 30.3 Å². The lowest BCUT2D eigenvalue weighted by atomic mass is 9.89. The summed E-state index contributed by atoms with van der Waals surface area (Å²) in [5.41, 5.74) is 5.18. The van der Waals surface area contributed by atoms with Crippen LogP contribution in [-0.2, 0) is 9.53 Å². The highest BCUT2D eigenvalue weighted by Crippen LogP contribution is 2.58. The smallest absolute Gasteiger partial charge is 0.407 e. The number of carbonyl (C=O) groups is 2. The van der Waals surface area contributed by atoms with E-state index < -0.39 is 12.1 Å². The van der Waals surface area contributed by atoms with Gasteiger partial charge in [-0.1, -0.05) is 49.2 Å². The number of ether oxygens (including phenoxy) is 1. The van der Waals surface area contributed by atoms with Crippen molar-refractivity contribution in [3.8, 4) is 11.3 Å². The van der Waals surface area contributed by atoms with Gasteiger partial charge in [-0.3, -0.25) is 4.79 Å². The number of amides is 2. The van der Waals surface area contributed by atoms with Crippen LogP contribution in [0.5, 0.6) is 0 Å². The van der Waals surface area contributed by atoms with Crippen LogP contribution >= 0.6 is 15.9 Å². The first-order chi connectivity index (χ1) is 16.8. The van der Waals surface area contributed by atoms with Gasteiger partial charge in [0.25, 0.3) is 0 Å². The zero-order chi connectivity index (χ0) is 24.9. The lowest BCUT2D eigenvalue weighted by Crippen LogP contribution is -2.51. The summed E-state index contributed by atoms with van der Waals surface area (Å²) >= 11 is 3.84. The number of aromatic amines is 1. The number of imidazole rings is 1. The minimum atomic E-state index is -0.632. The van der Waals surface area contributed by atoms with Crippen molar-refractivity contribution in [3.63, 3.8) is 0 Å². The maximum absolute atomic E-state index is 13.5. The van der Waals surface area contributed by atoms with Crippen molar-refractivity contribution in [1.82, 2.24) is 20.2 Å². The van der Waals surface area contributed by atoms with Crippen LogP contribution in [0.4, 0.5) is 4.79 Å². The number of alkyl carbamates (subject to hydrolysis) is 1. The van der Waals surface area contributed by atoms with Crippen LogP contribution in [0.15, 0.2) is 22.8 Å². The van der Waals surface area contributed by atoms with E-state index in [9.17, 15) is 9.59 Å². The van der Waals surface area contributed by atoms with E-state index in [2.05, 4.69) is 45.3 Å². The molecule has 1 aliphatic heterocycles. The van der Waals surface area contributed by atoms with Gasteiger partial charge in [-0.25, -0.2) is 9.78 Å². The van der Waals surface area contributed by atoms with Crippen LogP contribution < -0.4 is 5.32 Å². The van der Waals surface area contributed by atoms with E-state index in [1.54, 1.807) is 0 Å². The number of halogens is 1. The number of hydrogen-bond donors (Lipinski definition) is 2. The highest BCUT2D eigenvalue weighted by molar-refractivity contribution is 9.10. The second-order valence-electron chi connectivity index (χ2n) is 10.6. The molecule has 1 aromatic carbocycles. The Balaban J connectivity index is 1.43. The van der Waals surface area contributed by atoms with Crippen molar-refractivity contribution in [2.75, 3.05) is 13.7 Å². The molecule has 0 spiro atoms. The molecule has 2 amide bonds. The van der Waals surface area contributed by atoms with Crippen molar-refractivity contribution in [3.05, 3.63) is 39.8 Å². The Kier molecular flexibility index (Phi) is 6.68. The number of aromatic nitrogens is 2. The van der Waals surface area contributed by atoms with Gasteiger partial charge in [0.2, 0.25) is 5.91 Å². The second kappa shape index (κ2) is 9.60. The number of hydrogen-bond acceptors (Lipinski definition) is 4. The van der Waals surface area contributed by atoms with Gasteiger partial charge in [0, 0.05) is 16.6 Å². The van der Waals surface area contributed by atoms with Gasteiger partial charge in [-0.15, -0.1) is 0 Å². The molecule has 5 rings (SSSR count). The number of rotatable bonds is 5. The molecule has 2 aliphatic carbocycles. The maximum Gasteiger partial charge on any atom is 0.407 e. The molecule has 2 N–H and O–H groups in total. The SMILES string of the molecule is COC(=O)NC(C(=O)N1CCCC1c1ncc(-c2ccc(Br)c3c2C(C)C2CCCC32)[nH]1)C(C)C. The summed E-state index contributed by atoms with van der Waals surface area (Å²) < 4.78 is 5.97. The molecule has 2 heterocycles. The minimum absolute atomic E-state index is 0.0543. The van der Waals surface area contributed by atoms with Gasteiger partial charge in [0.05, 0.1) is 25.0 Å². The van der Waals surface area contributed by atoms with E-state index in [-0.39, 0.29) is 17.9 Å². The number of fused-ring (bicyclic) bond motifs is 3. The summed E-state index contributed by atoms with van der Waals surface area (Å²) in [5.74, 6) is 2.57. The number of benzene rings is 1. The molecule has 7 nitrogen and oxygen atoms in total. The molecule has 8 heteroatoms. The van der Waals surface area contributed by atoms with Gasteiger partial charge in [0.15, 0.2) is 0 Å². The molecule has 0 bridgehead atoms. The molecule has 188 valence electrons. The standard InChI is InChI=1S/C27H35BrN4O3/c1-14(2)24(31-27(34)35-4)26(33)32-12-6-9-21(32)25-29-13-20(30-25)18-10-11-19(28)23-17-8-5-7-16(17)15(3)22(18)23/h10-11,13-17,21,24H,5-9,12H2,1-4H3,(H,29,30)(H,31,34). The molecule has 2 fully saturated rings. The average Bonchev–Trinajstić information content (AvgIpc) is 3.62. The predicted octanol–water partition coefficient (Wildman–Crippen LogP) is 5.88. The zero-order valence-corrected chi connectivity index (χ0v) is 22.5. The first kappa shape index (κ1) is 24.3. The highest BCUT2D eigenvalue weighted by Gasteiger charge is 2.44. The summed E-state index contributed by atoms with van der Waals surface area (Å²) in [6.07, 6.45) is 6.98. The van der Waals surface area contributed by atoms with Crippen molar-refractivity contribution in [2.24, 2.45) is 11.8 Å². The Hall–Kier alpha value is -2.35. The summed E-state index contributed by atoms with van der Waals surface area (Å²) in [7, 11) is 1.31. The summed E-state index contributed by atoms with van der Waals surface area (Å²) in [4.78, 5) is 35.5. The Morgan fingerprint density at radius 3 is 2.74 bits per heavy atom. The molecule has 1 aromatic heterocycles. The fraction of sp³-hybridized carbons (Fsp3) is 0.593. The van der Waals surface area contributed by atoms with Crippen LogP contribution in [0.3, 0.4) is 0 Å². The normalized spacial score (nSPS) is 26.1. The lowest BCUT2D eigenvalue weighted by Gasteiger charge is -2.30. The molecule has 35 heavy (non-hydrogen) atoms. The third kappa shape index (κ3) is 4.17. The van der Waals surface area contributed by atoms with Gasteiger partial charge < -0.3 is 19.9 Å². The van der Waals surface area contributed by atoms with Crippen molar-refractivity contribution >= 4 is 27.9 Å². The molecule has 5 atom stereocenters. The van der Waals surface area contributed by atoms with E-state index >= 15 is 0 Å². The molecule has 3 aliphatic rings. The summed E-state index contributed by atoms with van der Waals surface area (Å²) in [6.45, 7) is 6.89. The quantitative estimate of drug-likeness (QED) is 0.493. The fourth-order valence-electron chi connectivity index (χ4n) is 6.71. The topological polar surface area (TPSA) is 87.3 Å². The van der Waals surface area contributed by atoms with Crippen molar-refractivity contribution < 1.29 is 14.3 Å². The third-order valence-electron chi connectivity index (χ3n) is 8.40. The maximum atomic E-state index is 13.5. The van der Waals surface area contributed by atoms with Gasteiger partial charge in [0.1, 0.15) is 11.9 Å². The van der Waals surface area contributed by atoms with Crippen molar-refractivity contribution in [2.45, 2.75) is 76.8 Å². The second-order valence-corrected chi connectivity index (χ2v) is 11.5. The van der Waals surface area contributed by atoms with Gasteiger partial charge >= 0.3 is 6.09 Å². The van der Waals surface area contributed by atoms with E-state index in [4.69, 9.17) is 9.72 Å². The number of nitrogens with zero attached hydrogens (tertiary/aromatic N) is 2. The number of H-pyrrole nitrogens is 1. The molecular formula is C27H35BrN4O3. The third-order valence-corrected chi connectivity index (χ3v) is 9.09. The zero-order valence-electron chi connectivity index (χ0n) is 20.9. The molecule has 2 aromatic rings. The van der Waals surface area contributed by atoms with E-state index in [1.165, 1.54) is 47.5 Å². The minimum Gasteiger partial charge on any atom is -0.453 e. The molecule has 5 unspecified atom stereocenters. The molecule has 0 radical (unpaired) electrons. The van der Waals surface area contributed by atoms with Crippen LogP contribution in [0.1, 0.15) is 87.7 Å². The number of nitrogens with one attached hydrogen (secondary N) is 2. The Morgan fingerprint density at radius 2 is 2.00 bits per heavy atom. The van der Waals surface area contributed by atoms with E-state index in [1.807, 2.05) is 24.9 Å². The number of methoxy groups -OCH3 is 1. The highest BCUT2D eigenvalue weighted by atomic mass is 79.9. The Morgan fingerprint density at radius 1 is 1.20 bits per heavy atom.